The van der Waals surface area contributed by atoms with Gasteiger partial charge in [0.1, 0.15) is 5.52 Å². The fourth-order valence-corrected chi connectivity index (χ4v) is 3.07. The Bertz CT molecular complexity index is 853. The summed E-state index contributed by atoms with van der Waals surface area (Å²) in [6.45, 7) is 1.53. The number of anilines is 2. The molecule has 0 aromatic carbocycles. The molecule has 9 heteroatoms. The van der Waals surface area contributed by atoms with E-state index < -0.39 is 11.9 Å². The number of carbonyl (C=O) groups excluding carboxylic acids is 2. The van der Waals surface area contributed by atoms with Crippen molar-refractivity contribution in [3.05, 3.63) is 30.0 Å². The second-order valence-corrected chi connectivity index (χ2v) is 6.33. The number of nitrogens with two attached hydrogens (primary N) is 1. The van der Waals surface area contributed by atoms with Crippen LogP contribution in [0, 0.1) is 0 Å². The molecule has 3 heterocycles. The van der Waals surface area contributed by atoms with Crippen LogP contribution in [-0.2, 0) is 14.3 Å². The molecule has 138 valence electrons. The highest BCUT2D eigenvalue weighted by molar-refractivity contribution is 6.08. The Hall–Kier alpha value is -2.94. The number of hydrogen-bond acceptors (Lipinski definition) is 8. The minimum atomic E-state index is -0.562. The number of cyclic esters (lactones) is 2. The maximum Gasteiger partial charge on any atom is 0.341 e. The minimum absolute atomic E-state index is 0.370. The number of ether oxygens (including phenoxy) is 1. The maximum atomic E-state index is 10.3. The molecule has 2 aromatic rings. The summed E-state index contributed by atoms with van der Waals surface area (Å²) in [4.78, 5) is 27.1. The Balaban J connectivity index is 0.000000206. The monoisotopic (exact) mass is 358 g/mol. The predicted octanol–water partition coefficient (Wildman–Crippen LogP) is 1.41. The van der Waals surface area contributed by atoms with Crippen molar-refractivity contribution < 1.29 is 14.3 Å². The van der Waals surface area contributed by atoms with E-state index in [0.717, 1.165) is 11.5 Å². The van der Waals surface area contributed by atoms with E-state index in [9.17, 15) is 9.59 Å². The van der Waals surface area contributed by atoms with Gasteiger partial charge in [0.2, 0.25) is 5.95 Å². The van der Waals surface area contributed by atoms with Crippen molar-refractivity contribution in [3.63, 3.8) is 0 Å². The van der Waals surface area contributed by atoms with Crippen molar-refractivity contribution in [3.8, 4) is 0 Å². The zero-order valence-electron chi connectivity index (χ0n) is 14.8. The number of rotatable bonds is 3. The molecule has 0 unspecified atom stereocenters. The lowest BCUT2D eigenvalue weighted by molar-refractivity contribution is -0.150. The lowest BCUT2D eigenvalue weighted by atomic mass is 10.2. The molecule has 4 rings (SSSR count). The molecule has 2 aromatic heterocycles. The molecule has 1 aliphatic carbocycles. The van der Waals surface area contributed by atoms with Gasteiger partial charge in [0.25, 0.3) is 0 Å². The van der Waals surface area contributed by atoms with Crippen molar-refractivity contribution in [1.82, 2.24) is 14.6 Å². The van der Waals surface area contributed by atoms with E-state index in [-0.39, 0.29) is 0 Å². The molecule has 3 N–H and O–H groups in total. The van der Waals surface area contributed by atoms with Crippen LogP contribution in [0.25, 0.3) is 5.52 Å². The number of nitrogen functional groups attached to an aromatic ring is 1. The van der Waals surface area contributed by atoms with Gasteiger partial charge in [-0.3, -0.25) is 0 Å². The third-order valence-corrected chi connectivity index (χ3v) is 4.55. The van der Waals surface area contributed by atoms with Crippen LogP contribution in [0.3, 0.4) is 0 Å². The van der Waals surface area contributed by atoms with Crippen molar-refractivity contribution in [2.75, 3.05) is 17.4 Å². The molecule has 1 aliphatic heterocycles. The van der Waals surface area contributed by atoms with Crippen LogP contribution in [0.1, 0.15) is 32.6 Å². The van der Waals surface area contributed by atoms with Gasteiger partial charge in [-0.25, -0.2) is 19.9 Å². The molecule has 0 amide bonds. The van der Waals surface area contributed by atoms with E-state index in [1.54, 1.807) is 0 Å². The Morgan fingerprint density at radius 1 is 1.35 bits per heavy atom. The highest BCUT2D eigenvalue weighted by Gasteiger charge is 2.22. The fourth-order valence-electron chi connectivity index (χ4n) is 3.07. The quantitative estimate of drug-likeness (QED) is 0.366. The average Bonchev–Trinajstić information content (AvgIpc) is 3.36. The molecule has 0 radical (unpaired) electrons. The first kappa shape index (κ1) is 17.9. The number of aromatic nitrogens is 3. The van der Waals surface area contributed by atoms with Crippen molar-refractivity contribution >= 4 is 29.2 Å². The largest absolute Gasteiger partial charge is 0.386 e. The standard InChI is InChI=1S/C12H18N6.C5H4O3/c1-17(9-5-2-3-6-9)12-14-11(15-13)10-7-4-8-18(10)16-12;1-3-2-4(6)8-5(3)7/h4,7-9H,2-3,5-6,13H2,1H3,(H,14,15,16);2H,1H3. The minimum Gasteiger partial charge on any atom is -0.386 e. The van der Waals surface area contributed by atoms with Crippen LogP contribution >= 0.6 is 0 Å². The second-order valence-electron chi connectivity index (χ2n) is 6.33. The summed E-state index contributed by atoms with van der Waals surface area (Å²) in [6.07, 6.45) is 8.10. The van der Waals surface area contributed by atoms with Gasteiger partial charge in [0, 0.05) is 30.9 Å². The van der Waals surface area contributed by atoms with E-state index in [4.69, 9.17) is 5.84 Å². The molecule has 0 atom stereocenters. The van der Waals surface area contributed by atoms with Gasteiger partial charge in [0.15, 0.2) is 5.82 Å². The summed E-state index contributed by atoms with van der Waals surface area (Å²) < 4.78 is 5.91. The molecule has 1 saturated carbocycles. The molecule has 0 spiro atoms. The zero-order chi connectivity index (χ0) is 18.7. The van der Waals surface area contributed by atoms with Crippen LogP contribution in [-0.4, -0.2) is 39.6 Å². The third kappa shape index (κ3) is 3.67. The number of nitrogens with one attached hydrogen (secondary N) is 1. The maximum absolute atomic E-state index is 10.3. The summed E-state index contributed by atoms with van der Waals surface area (Å²) in [6, 6.07) is 4.42. The van der Waals surface area contributed by atoms with Crippen LogP contribution in [0.15, 0.2) is 30.0 Å². The van der Waals surface area contributed by atoms with Gasteiger partial charge in [-0.15, -0.1) is 5.10 Å². The van der Waals surface area contributed by atoms with Gasteiger partial charge in [-0.1, -0.05) is 12.8 Å². The van der Waals surface area contributed by atoms with Gasteiger partial charge in [-0.2, -0.15) is 4.98 Å². The first-order valence-corrected chi connectivity index (χ1v) is 8.49. The third-order valence-electron chi connectivity index (χ3n) is 4.55. The smallest absolute Gasteiger partial charge is 0.341 e. The van der Waals surface area contributed by atoms with Gasteiger partial charge in [-0.05, 0) is 31.9 Å². The summed E-state index contributed by atoms with van der Waals surface area (Å²) in [7, 11) is 2.06. The Morgan fingerprint density at radius 2 is 2.08 bits per heavy atom. The first-order valence-electron chi connectivity index (χ1n) is 8.49. The average molecular weight is 358 g/mol. The number of esters is 2. The molecule has 0 saturated heterocycles. The van der Waals surface area contributed by atoms with E-state index >= 15 is 0 Å². The predicted molar refractivity (Wildman–Crippen MR) is 96.3 cm³/mol. The van der Waals surface area contributed by atoms with Crippen molar-refractivity contribution in [2.45, 2.75) is 38.6 Å². The first-order chi connectivity index (χ1) is 12.5. The molecule has 1 fully saturated rings. The van der Waals surface area contributed by atoms with Crippen molar-refractivity contribution in [2.24, 2.45) is 5.84 Å². The van der Waals surface area contributed by atoms with E-state index in [0.29, 0.717) is 17.4 Å². The fraction of sp³-hybridized carbons (Fsp3) is 0.412. The van der Waals surface area contributed by atoms with Crippen LogP contribution in [0.2, 0.25) is 0 Å². The number of hydrazine groups is 1. The van der Waals surface area contributed by atoms with Crippen LogP contribution in [0.4, 0.5) is 11.8 Å². The molecular weight excluding hydrogens is 336 g/mol. The van der Waals surface area contributed by atoms with Crippen LogP contribution in [0.5, 0.6) is 0 Å². The molecular formula is C17H22N6O3. The normalized spacial score (nSPS) is 17.0. The zero-order valence-corrected chi connectivity index (χ0v) is 14.8. The van der Waals surface area contributed by atoms with Gasteiger partial charge >= 0.3 is 11.9 Å². The molecule has 26 heavy (non-hydrogen) atoms. The lowest BCUT2D eigenvalue weighted by Gasteiger charge is -2.24. The summed E-state index contributed by atoms with van der Waals surface area (Å²) >= 11 is 0. The van der Waals surface area contributed by atoms with E-state index in [1.807, 2.05) is 22.8 Å². The van der Waals surface area contributed by atoms with Gasteiger partial charge < -0.3 is 15.1 Å². The Morgan fingerprint density at radius 3 is 2.62 bits per heavy atom. The summed E-state index contributed by atoms with van der Waals surface area (Å²) in [5, 5.41) is 4.52. The number of nitrogens with zero attached hydrogens (tertiary/aromatic N) is 4. The number of fused-ring (bicyclic) bond motifs is 1. The topological polar surface area (TPSA) is 115 Å². The van der Waals surface area contributed by atoms with E-state index in [1.165, 1.54) is 38.7 Å². The highest BCUT2D eigenvalue weighted by Crippen LogP contribution is 2.26. The van der Waals surface area contributed by atoms with Gasteiger partial charge in [0.05, 0.1) is 0 Å². The Labute approximate surface area is 150 Å². The number of carbonyl (C=O) groups is 2. The second kappa shape index (κ2) is 7.52. The summed E-state index contributed by atoms with van der Waals surface area (Å²) in [5.74, 6) is 5.81. The van der Waals surface area contributed by atoms with Crippen molar-refractivity contribution in [1.29, 1.82) is 0 Å². The SMILES string of the molecule is CC1=CC(=O)OC1=O.CN(c1nc(NN)c2cccn2n1)C1CCCC1. The highest BCUT2D eigenvalue weighted by atomic mass is 16.6. The molecule has 9 nitrogen and oxygen atoms in total. The summed E-state index contributed by atoms with van der Waals surface area (Å²) in [5.41, 5.74) is 3.90. The van der Waals surface area contributed by atoms with Crippen LogP contribution < -0.4 is 16.2 Å². The molecule has 2 aliphatic rings. The van der Waals surface area contributed by atoms with E-state index in [2.05, 4.69) is 32.2 Å². The lowest BCUT2D eigenvalue weighted by Crippen LogP contribution is -2.31. The molecule has 0 bridgehead atoms. The number of hydrogen-bond donors (Lipinski definition) is 2. The Kier molecular flexibility index (Phi) is 5.17.